The van der Waals surface area contributed by atoms with Crippen LogP contribution in [0.1, 0.15) is 15.4 Å². The van der Waals surface area contributed by atoms with Crippen LogP contribution in [0.3, 0.4) is 0 Å². The lowest BCUT2D eigenvalue weighted by Gasteiger charge is -2.09. The Bertz CT molecular complexity index is 842. The third-order valence-corrected chi connectivity index (χ3v) is 4.96. The summed E-state index contributed by atoms with van der Waals surface area (Å²) < 4.78 is 0. The Morgan fingerprint density at radius 3 is 2.74 bits per heavy atom. The lowest BCUT2D eigenvalue weighted by Crippen LogP contribution is -2.12. The van der Waals surface area contributed by atoms with Crippen LogP contribution in [0.4, 0.5) is 5.69 Å². The van der Waals surface area contributed by atoms with Gasteiger partial charge in [-0.3, -0.25) is 4.79 Å². The second-order valence-corrected chi connectivity index (χ2v) is 6.90. The number of anilines is 1. The number of hydrogen-bond donors (Lipinski definition) is 1. The maximum absolute atomic E-state index is 12.5. The van der Waals surface area contributed by atoms with E-state index in [0.717, 1.165) is 26.8 Å². The van der Waals surface area contributed by atoms with Crippen molar-refractivity contribution >= 4 is 34.7 Å². The van der Waals surface area contributed by atoms with Crippen LogP contribution in [0.25, 0.3) is 11.3 Å². The summed E-state index contributed by atoms with van der Waals surface area (Å²) in [6.45, 7) is 1.99. The molecule has 0 atom stereocenters. The van der Waals surface area contributed by atoms with Gasteiger partial charge in [-0.15, -0.1) is 23.1 Å². The second kappa shape index (κ2) is 6.98. The molecule has 0 aliphatic rings. The molecule has 0 fully saturated rings. The van der Waals surface area contributed by atoms with Crippen molar-refractivity contribution in [1.82, 2.24) is 4.98 Å². The van der Waals surface area contributed by atoms with Gasteiger partial charge in [0.25, 0.3) is 5.91 Å². The highest BCUT2D eigenvalue weighted by atomic mass is 32.2. The van der Waals surface area contributed by atoms with Crippen LogP contribution in [-0.4, -0.2) is 17.1 Å². The van der Waals surface area contributed by atoms with E-state index in [1.54, 1.807) is 23.1 Å². The molecule has 3 nitrogen and oxygen atoms in total. The number of thioether (sulfide) groups is 1. The van der Waals surface area contributed by atoms with Crippen molar-refractivity contribution in [2.24, 2.45) is 0 Å². The number of aryl methyl sites for hydroxylation is 1. The third kappa shape index (κ3) is 3.63. The Morgan fingerprint density at radius 1 is 1.17 bits per heavy atom. The van der Waals surface area contributed by atoms with Crippen molar-refractivity contribution in [2.45, 2.75) is 11.8 Å². The molecule has 1 aromatic heterocycles. The third-order valence-electron chi connectivity index (χ3n) is 3.39. The normalized spacial score (nSPS) is 10.5. The molecule has 0 radical (unpaired) electrons. The number of nitrogens with zero attached hydrogens (tertiary/aromatic N) is 1. The van der Waals surface area contributed by atoms with Gasteiger partial charge >= 0.3 is 0 Å². The van der Waals surface area contributed by atoms with Crippen LogP contribution in [0.5, 0.6) is 0 Å². The molecule has 0 aliphatic carbocycles. The molecule has 0 bridgehead atoms. The summed E-state index contributed by atoms with van der Waals surface area (Å²) in [7, 11) is 0. The number of aromatic nitrogens is 1. The molecule has 1 N–H and O–H groups in total. The lowest BCUT2D eigenvalue weighted by atomic mass is 10.1. The molecule has 3 rings (SSSR count). The van der Waals surface area contributed by atoms with Crippen LogP contribution in [0.2, 0.25) is 0 Å². The zero-order valence-corrected chi connectivity index (χ0v) is 14.5. The van der Waals surface area contributed by atoms with Gasteiger partial charge < -0.3 is 5.32 Å². The first-order valence-corrected chi connectivity index (χ1v) is 9.25. The van der Waals surface area contributed by atoms with E-state index in [4.69, 9.17) is 0 Å². The van der Waals surface area contributed by atoms with Crippen molar-refractivity contribution in [3.8, 4) is 11.3 Å². The minimum Gasteiger partial charge on any atom is -0.322 e. The molecule has 0 aliphatic heterocycles. The molecule has 5 heteroatoms. The van der Waals surface area contributed by atoms with E-state index in [-0.39, 0.29) is 5.91 Å². The zero-order chi connectivity index (χ0) is 16.2. The van der Waals surface area contributed by atoms with Crippen LogP contribution < -0.4 is 5.32 Å². The summed E-state index contributed by atoms with van der Waals surface area (Å²) in [6, 6.07) is 15.4. The van der Waals surface area contributed by atoms with Gasteiger partial charge in [0.15, 0.2) is 0 Å². The molecule has 1 heterocycles. The maximum atomic E-state index is 12.5. The van der Waals surface area contributed by atoms with Crippen molar-refractivity contribution < 1.29 is 4.79 Å². The van der Waals surface area contributed by atoms with Crippen LogP contribution in [0, 0.1) is 6.92 Å². The summed E-state index contributed by atoms with van der Waals surface area (Å²) in [4.78, 5) is 18.0. The van der Waals surface area contributed by atoms with Crippen LogP contribution in [0.15, 0.2) is 58.8 Å². The molecule has 0 saturated carbocycles. The van der Waals surface area contributed by atoms with Crippen molar-refractivity contribution in [1.29, 1.82) is 0 Å². The average molecular weight is 340 g/mol. The molecule has 3 aromatic rings. The maximum Gasteiger partial charge on any atom is 0.256 e. The fourth-order valence-corrected chi connectivity index (χ4v) is 3.50. The standard InChI is InChI=1S/C18H16N2OS2/c1-12-19-16(11-23-12)13-6-5-7-14(10-13)20-18(21)15-8-3-4-9-17(15)22-2/h3-11H,1-2H3,(H,20,21). The van der Waals surface area contributed by atoms with Crippen molar-refractivity contribution in [3.63, 3.8) is 0 Å². The number of hydrogen-bond acceptors (Lipinski definition) is 4. The van der Waals surface area contributed by atoms with E-state index >= 15 is 0 Å². The van der Waals surface area contributed by atoms with Crippen LogP contribution >= 0.6 is 23.1 Å². The first-order chi connectivity index (χ1) is 11.2. The van der Waals surface area contributed by atoms with Crippen molar-refractivity contribution in [2.75, 3.05) is 11.6 Å². The summed E-state index contributed by atoms with van der Waals surface area (Å²) >= 11 is 3.19. The number of benzene rings is 2. The van der Waals surface area contributed by atoms with E-state index in [0.29, 0.717) is 5.56 Å². The minimum atomic E-state index is -0.0958. The van der Waals surface area contributed by atoms with Crippen LogP contribution in [-0.2, 0) is 0 Å². The Labute approximate surface area is 143 Å². The van der Waals surface area contributed by atoms with E-state index in [2.05, 4.69) is 10.3 Å². The lowest BCUT2D eigenvalue weighted by molar-refractivity contribution is 0.102. The molecule has 1 amide bonds. The summed E-state index contributed by atoms with van der Waals surface area (Å²) in [5, 5.41) is 6.03. The van der Waals surface area contributed by atoms with Gasteiger partial charge in [0.1, 0.15) is 0 Å². The zero-order valence-electron chi connectivity index (χ0n) is 12.9. The average Bonchev–Trinajstić information content (AvgIpc) is 3.01. The summed E-state index contributed by atoms with van der Waals surface area (Å²) in [5.41, 5.74) is 3.40. The first-order valence-electron chi connectivity index (χ1n) is 7.14. The molecule has 0 saturated heterocycles. The molecule has 0 unspecified atom stereocenters. The van der Waals surface area contributed by atoms with E-state index < -0.39 is 0 Å². The first kappa shape index (κ1) is 15.8. The van der Waals surface area contributed by atoms with Gasteiger partial charge in [0.2, 0.25) is 0 Å². The topological polar surface area (TPSA) is 42.0 Å². The van der Waals surface area contributed by atoms with Gasteiger partial charge in [0.05, 0.1) is 16.3 Å². The second-order valence-electron chi connectivity index (χ2n) is 4.99. The molecular formula is C18H16N2OS2. The monoisotopic (exact) mass is 340 g/mol. The fraction of sp³-hybridized carbons (Fsp3) is 0.111. The number of thiazole rings is 1. The highest BCUT2D eigenvalue weighted by molar-refractivity contribution is 7.98. The number of amides is 1. The van der Waals surface area contributed by atoms with E-state index in [9.17, 15) is 4.79 Å². The Morgan fingerprint density at radius 2 is 2.00 bits per heavy atom. The SMILES string of the molecule is CSc1ccccc1C(=O)Nc1cccc(-c2csc(C)n2)c1. The molecule has 0 spiro atoms. The fourth-order valence-electron chi connectivity index (χ4n) is 2.28. The summed E-state index contributed by atoms with van der Waals surface area (Å²) in [5.74, 6) is -0.0958. The number of carbonyl (C=O) groups excluding carboxylic acids is 1. The van der Waals surface area contributed by atoms with Gasteiger partial charge in [-0.05, 0) is 37.4 Å². The number of carbonyl (C=O) groups is 1. The van der Waals surface area contributed by atoms with Gasteiger partial charge in [-0.2, -0.15) is 0 Å². The highest BCUT2D eigenvalue weighted by Gasteiger charge is 2.11. The molecule has 116 valence electrons. The highest BCUT2D eigenvalue weighted by Crippen LogP contribution is 2.25. The van der Waals surface area contributed by atoms with Gasteiger partial charge in [0, 0.05) is 21.5 Å². The molecule has 23 heavy (non-hydrogen) atoms. The van der Waals surface area contributed by atoms with E-state index in [1.165, 1.54) is 0 Å². The number of rotatable bonds is 4. The quantitative estimate of drug-likeness (QED) is 0.672. The largest absolute Gasteiger partial charge is 0.322 e. The molecular weight excluding hydrogens is 324 g/mol. The van der Waals surface area contributed by atoms with Crippen molar-refractivity contribution in [3.05, 3.63) is 64.5 Å². The predicted molar refractivity (Wildman–Crippen MR) is 98.5 cm³/mol. The number of nitrogens with one attached hydrogen (secondary N) is 1. The Kier molecular flexibility index (Phi) is 4.79. The summed E-state index contributed by atoms with van der Waals surface area (Å²) in [6.07, 6.45) is 1.97. The Hall–Kier alpha value is -2.11. The van der Waals surface area contributed by atoms with Gasteiger partial charge in [-0.1, -0.05) is 24.3 Å². The predicted octanol–water partition coefficient (Wildman–Crippen LogP) is 5.09. The minimum absolute atomic E-state index is 0.0958. The smallest absolute Gasteiger partial charge is 0.256 e. The Balaban J connectivity index is 1.84. The molecule has 2 aromatic carbocycles. The van der Waals surface area contributed by atoms with Gasteiger partial charge in [-0.25, -0.2) is 4.98 Å². The van der Waals surface area contributed by atoms with E-state index in [1.807, 2.05) is 67.1 Å².